The van der Waals surface area contributed by atoms with Gasteiger partial charge >= 0.3 is 0 Å². The highest BCUT2D eigenvalue weighted by atomic mass is 32.2. The summed E-state index contributed by atoms with van der Waals surface area (Å²) in [4.78, 5) is 21.8. The molecule has 5 rings (SSSR count). The summed E-state index contributed by atoms with van der Waals surface area (Å²) < 4.78 is 2.20. The molecule has 0 radical (unpaired) electrons. The summed E-state index contributed by atoms with van der Waals surface area (Å²) in [5, 5.41) is 3.94. The van der Waals surface area contributed by atoms with E-state index in [2.05, 4.69) is 46.1 Å². The van der Waals surface area contributed by atoms with E-state index in [1.165, 1.54) is 11.1 Å². The number of imidazole rings is 1. The molecule has 35 heavy (non-hydrogen) atoms. The van der Waals surface area contributed by atoms with E-state index >= 15 is 0 Å². The SMILES string of the molecule is Cc1ccccc1CSc1nc2ccncc2n1Cc1ccc(C(=O)NCc2ccccc2)cc1. The van der Waals surface area contributed by atoms with E-state index in [0.717, 1.165) is 33.1 Å². The first kappa shape index (κ1) is 22.9. The second-order valence-electron chi connectivity index (χ2n) is 8.43. The van der Waals surface area contributed by atoms with Gasteiger partial charge in [-0.15, -0.1) is 0 Å². The van der Waals surface area contributed by atoms with Crippen molar-refractivity contribution < 1.29 is 4.79 Å². The number of nitrogens with one attached hydrogen (secondary N) is 1. The van der Waals surface area contributed by atoms with Crippen LogP contribution in [0.1, 0.15) is 32.6 Å². The Kier molecular flexibility index (Phi) is 6.91. The largest absolute Gasteiger partial charge is 0.348 e. The molecule has 2 heterocycles. The van der Waals surface area contributed by atoms with Crippen LogP contribution >= 0.6 is 11.8 Å². The maximum Gasteiger partial charge on any atom is 0.251 e. The molecule has 1 N–H and O–H groups in total. The molecule has 0 bridgehead atoms. The molecule has 2 aromatic heterocycles. The molecule has 0 saturated heterocycles. The standard InChI is InChI=1S/C29H26N4OS/c1-21-7-5-6-10-25(21)20-35-29-32-26-15-16-30-18-27(26)33(29)19-23-11-13-24(14-12-23)28(34)31-17-22-8-3-2-4-9-22/h2-16,18H,17,19-20H2,1H3,(H,31,34). The third-order valence-corrected chi connectivity index (χ3v) is 7.01. The lowest BCUT2D eigenvalue weighted by Gasteiger charge is -2.11. The number of thioether (sulfide) groups is 1. The number of carbonyl (C=O) groups excluding carboxylic acids is 1. The lowest BCUT2D eigenvalue weighted by Crippen LogP contribution is -2.22. The zero-order chi connectivity index (χ0) is 24.0. The maximum atomic E-state index is 12.6. The van der Waals surface area contributed by atoms with Crippen molar-refractivity contribution >= 4 is 28.7 Å². The Labute approximate surface area is 209 Å². The Hall–Kier alpha value is -3.90. The number of carbonyl (C=O) groups is 1. The number of pyridine rings is 1. The highest BCUT2D eigenvalue weighted by molar-refractivity contribution is 7.98. The van der Waals surface area contributed by atoms with Crippen molar-refractivity contribution in [1.29, 1.82) is 0 Å². The molecule has 3 aromatic carbocycles. The Morgan fingerprint density at radius 3 is 2.49 bits per heavy atom. The van der Waals surface area contributed by atoms with Crippen LogP contribution in [0.25, 0.3) is 11.0 Å². The number of aryl methyl sites for hydroxylation is 1. The Bertz CT molecular complexity index is 1450. The van der Waals surface area contributed by atoms with Crippen LogP contribution in [0.2, 0.25) is 0 Å². The monoisotopic (exact) mass is 478 g/mol. The molecule has 0 unspecified atom stereocenters. The number of aromatic nitrogens is 3. The Morgan fingerprint density at radius 1 is 0.914 bits per heavy atom. The zero-order valence-electron chi connectivity index (χ0n) is 19.5. The van der Waals surface area contributed by atoms with Gasteiger partial charge in [0.15, 0.2) is 5.16 Å². The fourth-order valence-corrected chi connectivity index (χ4v) is 5.04. The van der Waals surface area contributed by atoms with Crippen LogP contribution in [-0.4, -0.2) is 20.4 Å². The van der Waals surface area contributed by atoms with E-state index in [9.17, 15) is 4.79 Å². The number of hydrogen-bond donors (Lipinski definition) is 1. The van der Waals surface area contributed by atoms with Gasteiger partial charge in [0.2, 0.25) is 0 Å². The average Bonchev–Trinajstić information content (AvgIpc) is 3.25. The molecule has 0 aliphatic carbocycles. The molecule has 0 atom stereocenters. The van der Waals surface area contributed by atoms with Gasteiger partial charge in [0.25, 0.3) is 5.91 Å². The molecular formula is C29H26N4OS. The molecule has 0 aliphatic heterocycles. The van der Waals surface area contributed by atoms with Gasteiger partial charge in [-0.1, -0.05) is 78.5 Å². The zero-order valence-corrected chi connectivity index (χ0v) is 20.3. The summed E-state index contributed by atoms with van der Waals surface area (Å²) in [6, 6.07) is 28.1. The smallest absolute Gasteiger partial charge is 0.251 e. The minimum atomic E-state index is -0.0767. The fourth-order valence-electron chi connectivity index (χ4n) is 3.95. The molecule has 5 nitrogen and oxygen atoms in total. The Balaban J connectivity index is 1.32. The summed E-state index contributed by atoms with van der Waals surface area (Å²) in [5.74, 6) is 0.774. The third-order valence-electron chi connectivity index (χ3n) is 5.99. The number of nitrogens with zero attached hydrogens (tertiary/aromatic N) is 3. The van der Waals surface area contributed by atoms with Crippen LogP contribution < -0.4 is 5.32 Å². The number of rotatable bonds is 8. The van der Waals surface area contributed by atoms with Crippen LogP contribution in [0.5, 0.6) is 0 Å². The number of hydrogen-bond acceptors (Lipinski definition) is 4. The highest BCUT2D eigenvalue weighted by Gasteiger charge is 2.13. The van der Waals surface area contributed by atoms with Crippen molar-refractivity contribution in [1.82, 2.24) is 19.9 Å². The van der Waals surface area contributed by atoms with Gasteiger partial charge in [-0.25, -0.2) is 4.98 Å². The first-order valence-electron chi connectivity index (χ1n) is 11.6. The molecule has 0 fully saturated rings. The number of benzene rings is 3. The first-order valence-corrected chi connectivity index (χ1v) is 12.5. The van der Waals surface area contributed by atoms with Crippen LogP contribution in [0, 0.1) is 6.92 Å². The van der Waals surface area contributed by atoms with E-state index in [4.69, 9.17) is 4.98 Å². The van der Waals surface area contributed by atoms with Crippen LogP contribution in [0.4, 0.5) is 0 Å². The van der Waals surface area contributed by atoms with Gasteiger partial charge in [0, 0.05) is 24.1 Å². The predicted octanol–water partition coefficient (Wildman–Crippen LogP) is 6.01. The van der Waals surface area contributed by atoms with Crippen LogP contribution in [-0.2, 0) is 18.8 Å². The third kappa shape index (κ3) is 5.44. The van der Waals surface area contributed by atoms with Gasteiger partial charge < -0.3 is 9.88 Å². The minimum absolute atomic E-state index is 0.0767. The van der Waals surface area contributed by atoms with Crippen LogP contribution in [0.3, 0.4) is 0 Å². The first-order chi connectivity index (χ1) is 17.2. The molecule has 174 valence electrons. The lowest BCUT2D eigenvalue weighted by molar-refractivity contribution is 0.0951. The summed E-state index contributed by atoms with van der Waals surface area (Å²) in [7, 11) is 0. The summed E-state index contributed by atoms with van der Waals surface area (Å²) in [5.41, 5.74) is 7.36. The van der Waals surface area contributed by atoms with Gasteiger partial charge in [-0.2, -0.15) is 0 Å². The van der Waals surface area contributed by atoms with E-state index in [1.807, 2.05) is 66.9 Å². The van der Waals surface area contributed by atoms with Gasteiger partial charge in [0.05, 0.1) is 23.8 Å². The molecule has 6 heteroatoms. The van der Waals surface area contributed by atoms with Crippen molar-refractivity contribution in [2.24, 2.45) is 0 Å². The van der Waals surface area contributed by atoms with E-state index in [1.54, 1.807) is 18.0 Å². The molecule has 1 amide bonds. The average molecular weight is 479 g/mol. The van der Waals surface area contributed by atoms with Crippen molar-refractivity contribution in [2.45, 2.75) is 30.9 Å². The molecule has 5 aromatic rings. The molecule has 0 aliphatic rings. The quantitative estimate of drug-likeness (QED) is 0.278. The second-order valence-corrected chi connectivity index (χ2v) is 9.37. The Morgan fingerprint density at radius 2 is 1.69 bits per heavy atom. The van der Waals surface area contributed by atoms with E-state index in [0.29, 0.717) is 18.7 Å². The second kappa shape index (κ2) is 10.6. The number of amides is 1. The molecule has 0 saturated carbocycles. The molecule has 0 spiro atoms. The van der Waals surface area contributed by atoms with Crippen molar-refractivity contribution in [2.75, 3.05) is 0 Å². The van der Waals surface area contributed by atoms with Gasteiger partial charge in [-0.3, -0.25) is 9.78 Å². The van der Waals surface area contributed by atoms with Gasteiger partial charge in [0.1, 0.15) is 0 Å². The minimum Gasteiger partial charge on any atom is -0.348 e. The van der Waals surface area contributed by atoms with E-state index < -0.39 is 0 Å². The van der Waals surface area contributed by atoms with Gasteiger partial charge in [-0.05, 0) is 47.4 Å². The summed E-state index contributed by atoms with van der Waals surface area (Å²) in [6.45, 7) is 3.31. The summed E-state index contributed by atoms with van der Waals surface area (Å²) in [6.07, 6.45) is 3.64. The van der Waals surface area contributed by atoms with Crippen molar-refractivity contribution in [3.05, 3.63) is 125 Å². The maximum absolute atomic E-state index is 12.6. The van der Waals surface area contributed by atoms with Crippen molar-refractivity contribution in [3.8, 4) is 0 Å². The van der Waals surface area contributed by atoms with Crippen LogP contribution in [0.15, 0.2) is 102 Å². The topological polar surface area (TPSA) is 59.8 Å². The normalized spacial score (nSPS) is 11.0. The fraction of sp³-hybridized carbons (Fsp3) is 0.138. The molecular weight excluding hydrogens is 452 g/mol. The summed E-state index contributed by atoms with van der Waals surface area (Å²) >= 11 is 1.73. The predicted molar refractivity (Wildman–Crippen MR) is 141 cm³/mol. The highest BCUT2D eigenvalue weighted by Crippen LogP contribution is 2.28. The van der Waals surface area contributed by atoms with Crippen molar-refractivity contribution in [3.63, 3.8) is 0 Å². The number of fused-ring (bicyclic) bond motifs is 1. The van der Waals surface area contributed by atoms with E-state index in [-0.39, 0.29) is 5.91 Å². The lowest BCUT2D eigenvalue weighted by atomic mass is 10.1.